The zero-order valence-electron chi connectivity index (χ0n) is 10.4. The Balaban J connectivity index is 2.20. The van der Waals surface area contributed by atoms with Crippen LogP contribution in [0.4, 0.5) is 4.39 Å². The molecule has 0 fully saturated rings. The fourth-order valence-corrected chi connectivity index (χ4v) is 2.41. The Morgan fingerprint density at radius 2 is 2.05 bits per heavy atom. The number of hydrogen-bond donors (Lipinski definition) is 1. The lowest BCUT2D eigenvalue weighted by Gasteiger charge is -2.13. The van der Waals surface area contributed by atoms with Crippen molar-refractivity contribution in [3.05, 3.63) is 63.9 Å². The summed E-state index contributed by atoms with van der Waals surface area (Å²) < 4.78 is 19.0. The van der Waals surface area contributed by atoms with Crippen molar-refractivity contribution in [2.24, 2.45) is 0 Å². The second-order valence-electron chi connectivity index (χ2n) is 4.24. The summed E-state index contributed by atoms with van der Waals surface area (Å²) in [5, 5.41) is 10.2. The quantitative estimate of drug-likeness (QED) is 0.925. The van der Waals surface area contributed by atoms with Crippen molar-refractivity contribution in [3.8, 4) is 5.75 Å². The number of aliphatic hydroxyl groups excluding tert-OH is 1. The molecule has 0 aliphatic rings. The van der Waals surface area contributed by atoms with Gasteiger partial charge in [-0.15, -0.1) is 0 Å². The van der Waals surface area contributed by atoms with E-state index in [4.69, 9.17) is 4.74 Å². The highest BCUT2D eigenvalue weighted by Gasteiger charge is 2.13. The summed E-state index contributed by atoms with van der Waals surface area (Å²) in [5.74, 6) is 0.380. The average Bonchev–Trinajstić information content (AvgIpc) is 2.41. The molecule has 1 N–H and O–H groups in total. The monoisotopic (exact) mass is 324 g/mol. The Hall–Kier alpha value is -1.39. The first-order valence-corrected chi connectivity index (χ1v) is 6.65. The smallest absolute Gasteiger partial charge is 0.123 e. The van der Waals surface area contributed by atoms with Gasteiger partial charge in [-0.1, -0.05) is 28.1 Å². The zero-order chi connectivity index (χ0) is 13.8. The molecule has 0 aromatic heterocycles. The van der Waals surface area contributed by atoms with Crippen molar-refractivity contribution in [1.29, 1.82) is 0 Å². The van der Waals surface area contributed by atoms with Crippen molar-refractivity contribution in [1.82, 2.24) is 0 Å². The third kappa shape index (κ3) is 3.55. The summed E-state index contributed by atoms with van der Waals surface area (Å²) in [6.07, 6.45) is -0.364. The van der Waals surface area contributed by atoms with Crippen LogP contribution in [0.15, 0.2) is 46.9 Å². The lowest BCUT2D eigenvalue weighted by molar-refractivity contribution is 0.177. The SMILES string of the molecule is COc1cccc(CC(O)c2cc(F)ccc2Br)c1. The van der Waals surface area contributed by atoms with Gasteiger partial charge in [0, 0.05) is 10.9 Å². The molecule has 0 saturated heterocycles. The molecule has 2 aromatic rings. The highest BCUT2D eigenvalue weighted by atomic mass is 79.9. The van der Waals surface area contributed by atoms with Gasteiger partial charge in [0.2, 0.25) is 0 Å². The summed E-state index contributed by atoms with van der Waals surface area (Å²) in [6.45, 7) is 0. The van der Waals surface area contributed by atoms with Gasteiger partial charge in [0.25, 0.3) is 0 Å². The molecular weight excluding hydrogens is 311 g/mol. The first kappa shape index (κ1) is 14.0. The van der Waals surface area contributed by atoms with E-state index in [1.54, 1.807) is 13.2 Å². The van der Waals surface area contributed by atoms with Gasteiger partial charge >= 0.3 is 0 Å². The van der Waals surface area contributed by atoms with Crippen LogP contribution in [0.2, 0.25) is 0 Å². The number of aliphatic hydroxyl groups is 1. The Bertz CT molecular complexity index is 572. The molecule has 1 atom stereocenters. The molecule has 2 aromatic carbocycles. The maximum atomic E-state index is 13.2. The standard InChI is InChI=1S/C15H14BrFO2/c1-19-12-4-2-3-10(7-12)8-15(18)13-9-11(17)5-6-14(13)16/h2-7,9,15,18H,8H2,1H3. The predicted octanol–water partition coefficient (Wildman–Crippen LogP) is 3.87. The van der Waals surface area contributed by atoms with Crippen LogP contribution in [0.5, 0.6) is 5.75 Å². The van der Waals surface area contributed by atoms with Gasteiger partial charge in [-0.25, -0.2) is 4.39 Å². The van der Waals surface area contributed by atoms with Gasteiger partial charge in [-0.05, 0) is 41.5 Å². The zero-order valence-corrected chi connectivity index (χ0v) is 12.0. The van der Waals surface area contributed by atoms with Crippen LogP contribution in [-0.2, 0) is 6.42 Å². The van der Waals surface area contributed by atoms with Crippen molar-refractivity contribution in [2.45, 2.75) is 12.5 Å². The molecule has 0 bridgehead atoms. The van der Waals surface area contributed by atoms with Crippen molar-refractivity contribution in [3.63, 3.8) is 0 Å². The number of ether oxygens (including phenoxy) is 1. The molecule has 0 heterocycles. The van der Waals surface area contributed by atoms with E-state index in [1.165, 1.54) is 12.1 Å². The number of hydrogen-bond acceptors (Lipinski definition) is 2. The van der Waals surface area contributed by atoms with Crippen LogP contribution >= 0.6 is 15.9 Å². The fourth-order valence-electron chi connectivity index (χ4n) is 1.90. The highest BCUT2D eigenvalue weighted by molar-refractivity contribution is 9.10. The van der Waals surface area contributed by atoms with E-state index in [2.05, 4.69) is 15.9 Å². The number of methoxy groups -OCH3 is 1. The second-order valence-corrected chi connectivity index (χ2v) is 5.09. The number of benzene rings is 2. The molecule has 19 heavy (non-hydrogen) atoms. The molecule has 4 heteroatoms. The third-order valence-corrected chi connectivity index (χ3v) is 3.60. The van der Waals surface area contributed by atoms with Crippen LogP contribution in [0, 0.1) is 5.82 Å². The first-order valence-electron chi connectivity index (χ1n) is 5.86. The van der Waals surface area contributed by atoms with E-state index in [-0.39, 0.29) is 5.82 Å². The van der Waals surface area contributed by atoms with Crippen LogP contribution in [0.1, 0.15) is 17.2 Å². The Kier molecular flexibility index (Phi) is 4.56. The Labute approximate surface area is 120 Å². The normalized spacial score (nSPS) is 12.2. The summed E-state index contributed by atoms with van der Waals surface area (Å²) in [4.78, 5) is 0. The van der Waals surface area contributed by atoms with Crippen LogP contribution in [0.25, 0.3) is 0 Å². The van der Waals surface area contributed by atoms with E-state index < -0.39 is 6.10 Å². The topological polar surface area (TPSA) is 29.5 Å². The maximum Gasteiger partial charge on any atom is 0.123 e. The summed E-state index contributed by atoms with van der Waals surface area (Å²) >= 11 is 3.32. The summed E-state index contributed by atoms with van der Waals surface area (Å²) in [5.41, 5.74) is 1.48. The number of rotatable bonds is 4. The molecule has 0 spiro atoms. The van der Waals surface area contributed by atoms with Gasteiger partial charge in [-0.2, -0.15) is 0 Å². The minimum absolute atomic E-state index is 0.358. The van der Waals surface area contributed by atoms with Gasteiger partial charge in [-0.3, -0.25) is 0 Å². The number of halogens is 2. The van der Waals surface area contributed by atoms with Gasteiger partial charge in [0.05, 0.1) is 13.2 Å². The van der Waals surface area contributed by atoms with E-state index in [0.717, 1.165) is 11.3 Å². The highest BCUT2D eigenvalue weighted by Crippen LogP contribution is 2.27. The Morgan fingerprint density at radius 1 is 1.26 bits per heavy atom. The molecule has 0 aliphatic carbocycles. The minimum atomic E-state index is -0.766. The molecule has 1 unspecified atom stereocenters. The maximum absolute atomic E-state index is 13.2. The van der Waals surface area contributed by atoms with Crippen LogP contribution < -0.4 is 4.74 Å². The van der Waals surface area contributed by atoms with Crippen LogP contribution in [0.3, 0.4) is 0 Å². The third-order valence-electron chi connectivity index (χ3n) is 2.88. The van der Waals surface area contributed by atoms with Crippen molar-refractivity contribution in [2.75, 3.05) is 7.11 Å². The molecule has 2 nitrogen and oxygen atoms in total. The van der Waals surface area contributed by atoms with E-state index >= 15 is 0 Å². The summed E-state index contributed by atoms with van der Waals surface area (Å²) in [6, 6.07) is 11.8. The minimum Gasteiger partial charge on any atom is -0.497 e. The Morgan fingerprint density at radius 3 is 2.79 bits per heavy atom. The van der Waals surface area contributed by atoms with E-state index in [1.807, 2.05) is 24.3 Å². The van der Waals surface area contributed by atoms with Gasteiger partial charge in [0.1, 0.15) is 11.6 Å². The molecule has 100 valence electrons. The fraction of sp³-hybridized carbons (Fsp3) is 0.200. The van der Waals surface area contributed by atoms with Gasteiger partial charge in [0.15, 0.2) is 0 Å². The summed E-state index contributed by atoms with van der Waals surface area (Å²) in [7, 11) is 1.60. The molecule has 0 saturated carbocycles. The molecule has 0 aliphatic heterocycles. The van der Waals surface area contributed by atoms with E-state index in [0.29, 0.717) is 16.5 Å². The second kappa shape index (κ2) is 6.17. The van der Waals surface area contributed by atoms with Gasteiger partial charge < -0.3 is 9.84 Å². The molecular formula is C15H14BrFO2. The van der Waals surface area contributed by atoms with Crippen molar-refractivity contribution < 1.29 is 14.2 Å². The molecule has 2 rings (SSSR count). The lowest BCUT2D eigenvalue weighted by atomic mass is 10.0. The largest absolute Gasteiger partial charge is 0.497 e. The average molecular weight is 325 g/mol. The predicted molar refractivity (Wildman–Crippen MR) is 75.8 cm³/mol. The molecule has 0 amide bonds. The van der Waals surface area contributed by atoms with Crippen LogP contribution in [-0.4, -0.2) is 12.2 Å². The van der Waals surface area contributed by atoms with E-state index in [9.17, 15) is 9.50 Å². The molecule has 0 radical (unpaired) electrons. The first-order chi connectivity index (χ1) is 9.10. The van der Waals surface area contributed by atoms with Crippen molar-refractivity contribution >= 4 is 15.9 Å². The lowest BCUT2D eigenvalue weighted by Crippen LogP contribution is -2.03.